The Labute approximate surface area is 373 Å². The average molecular weight is 925 g/mol. The first kappa shape index (κ1) is 52.5. The molecule has 0 amide bonds. The molecule has 64 heavy (non-hydrogen) atoms. The van der Waals surface area contributed by atoms with E-state index in [1.165, 1.54) is 11.1 Å². The van der Waals surface area contributed by atoms with Crippen molar-refractivity contribution in [2.24, 2.45) is 5.92 Å². The monoisotopic (exact) mass is 924 g/mol. The quantitative estimate of drug-likeness (QED) is 0.0682. The van der Waals surface area contributed by atoms with Crippen LogP contribution in [0.5, 0.6) is 11.5 Å². The van der Waals surface area contributed by atoms with Gasteiger partial charge in [-0.2, -0.15) is 0 Å². The van der Waals surface area contributed by atoms with E-state index in [1.54, 1.807) is 7.11 Å². The van der Waals surface area contributed by atoms with Gasteiger partial charge >= 0.3 is 31.7 Å². The van der Waals surface area contributed by atoms with Crippen LogP contribution in [0.25, 0.3) is 0 Å². The number of likely N-dealkylation sites (tertiary alicyclic amines) is 1. The van der Waals surface area contributed by atoms with Gasteiger partial charge in [0.05, 0.1) is 44.7 Å². The van der Waals surface area contributed by atoms with Gasteiger partial charge in [-0.1, -0.05) is 63.1 Å². The molecular weight excluding hydrogens is 859 g/mol. The number of likely N-dealkylation sites (N-methyl/N-ethyl adjacent to an activating group) is 2. The molecule has 5 atom stereocenters. The lowest BCUT2D eigenvalue weighted by Gasteiger charge is -2.58. The number of aliphatic carboxylic acids is 3. The van der Waals surface area contributed by atoms with Crippen molar-refractivity contribution in [1.29, 1.82) is 0 Å². The second kappa shape index (κ2) is 22.8. The average Bonchev–Trinajstić information content (AvgIpc) is 3.87. The molecule has 2 aliphatic heterocycles. The van der Waals surface area contributed by atoms with Crippen molar-refractivity contribution in [3.63, 3.8) is 0 Å². The van der Waals surface area contributed by atoms with E-state index in [-0.39, 0.29) is 23.6 Å². The normalized spacial score (nSPS) is 23.7. The Morgan fingerprint density at radius 3 is 2.06 bits per heavy atom. The summed E-state index contributed by atoms with van der Waals surface area (Å²) in [6.45, 7) is 9.88. The zero-order chi connectivity index (χ0) is 47.5. The van der Waals surface area contributed by atoms with Crippen LogP contribution < -0.4 is 9.47 Å². The summed E-state index contributed by atoms with van der Waals surface area (Å²) >= 11 is 0. The van der Waals surface area contributed by atoms with E-state index in [9.17, 15) is 24.3 Å². The third kappa shape index (κ3) is 12.6. The number of ether oxygens (including phenoxy) is 4. The molecule has 0 aromatic heterocycles. The molecule has 0 radical (unpaired) electrons. The molecule has 358 valence electrons. The van der Waals surface area contributed by atoms with Crippen molar-refractivity contribution < 1.29 is 82.9 Å². The van der Waals surface area contributed by atoms with E-state index in [0.29, 0.717) is 31.8 Å². The lowest BCUT2D eigenvalue weighted by Crippen LogP contribution is -2.66. The molecule has 0 unspecified atom stereocenters. The highest BCUT2D eigenvalue weighted by Crippen LogP contribution is 2.63. The second-order valence-electron chi connectivity index (χ2n) is 16.9. The SMILES string of the molecule is CCN(CC)CCOCCOC(=O)C1(c2ccccc2)CCCC1.COc1ccc2c3c1O[C@H]1[C@@H](O)CC[C@H]4[C@@H](C2)N(C)CC[C@@]341.O=C(O)CC(O)(CC(=O)O)C(=O)O.O=P(O)(O)O. The maximum atomic E-state index is 12.7. The molecule has 2 saturated carbocycles. The number of methoxy groups -OCH3 is 1. The number of aliphatic hydroxyl groups excluding tert-OH is 1. The summed E-state index contributed by atoms with van der Waals surface area (Å²) in [5.74, 6) is -2.77. The minimum atomic E-state index is -4.64. The Morgan fingerprint density at radius 2 is 1.52 bits per heavy atom. The first-order valence-corrected chi connectivity index (χ1v) is 23.2. The van der Waals surface area contributed by atoms with E-state index in [0.717, 1.165) is 94.6 Å². The summed E-state index contributed by atoms with van der Waals surface area (Å²) in [4.78, 5) is 69.6. The molecule has 7 rings (SSSR count). The largest absolute Gasteiger partial charge is 0.493 e. The van der Waals surface area contributed by atoms with Crippen LogP contribution in [0.4, 0.5) is 0 Å². The van der Waals surface area contributed by atoms with Crippen LogP contribution in [-0.4, -0.2) is 158 Å². The highest BCUT2D eigenvalue weighted by molar-refractivity contribution is 7.45. The van der Waals surface area contributed by atoms with Gasteiger partial charge in [-0.25, -0.2) is 9.36 Å². The number of hydrogen-bond donors (Lipinski definition) is 8. The van der Waals surface area contributed by atoms with Gasteiger partial charge in [-0.3, -0.25) is 14.4 Å². The summed E-state index contributed by atoms with van der Waals surface area (Å²) in [6.07, 6.45) is 5.35. The second-order valence-corrected chi connectivity index (χ2v) is 17.9. The van der Waals surface area contributed by atoms with Crippen LogP contribution in [0.15, 0.2) is 42.5 Å². The number of esters is 1. The molecule has 1 saturated heterocycles. The Hall–Kier alpha value is -4.17. The number of aliphatic hydroxyl groups is 2. The number of hydrogen-bond acceptors (Lipinski definition) is 13. The Balaban J connectivity index is 0.000000207. The van der Waals surface area contributed by atoms with Gasteiger partial charge in [0.15, 0.2) is 17.1 Å². The van der Waals surface area contributed by atoms with Crippen LogP contribution in [0.2, 0.25) is 0 Å². The Bertz CT molecular complexity index is 1910. The first-order valence-electron chi connectivity index (χ1n) is 21.6. The summed E-state index contributed by atoms with van der Waals surface area (Å²) < 4.78 is 32.0. The summed E-state index contributed by atoms with van der Waals surface area (Å²) in [7, 11) is -0.682. The molecule has 2 bridgehead atoms. The fourth-order valence-corrected chi connectivity index (χ4v) is 10.1. The minimum absolute atomic E-state index is 0.00625. The Kier molecular flexibility index (Phi) is 18.7. The van der Waals surface area contributed by atoms with E-state index in [2.05, 4.69) is 36.8 Å². The molecule has 1 spiro atoms. The van der Waals surface area contributed by atoms with Gasteiger partial charge in [0, 0.05) is 23.6 Å². The molecule has 2 aromatic rings. The third-order valence-electron chi connectivity index (χ3n) is 13.1. The third-order valence-corrected chi connectivity index (χ3v) is 13.1. The molecule has 19 nitrogen and oxygen atoms in total. The molecule has 8 N–H and O–H groups in total. The maximum Gasteiger partial charge on any atom is 0.466 e. The highest BCUT2D eigenvalue weighted by atomic mass is 31.2. The number of nitrogens with zero attached hydrogens (tertiary/aromatic N) is 2. The van der Waals surface area contributed by atoms with E-state index in [1.807, 2.05) is 36.4 Å². The minimum Gasteiger partial charge on any atom is -0.493 e. The van der Waals surface area contributed by atoms with Crippen molar-refractivity contribution >= 4 is 31.7 Å². The van der Waals surface area contributed by atoms with Crippen LogP contribution in [-0.2, 0) is 50.5 Å². The summed E-state index contributed by atoms with van der Waals surface area (Å²) in [6, 6.07) is 14.9. The highest BCUT2D eigenvalue weighted by Gasteiger charge is 2.65. The van der Waals surface area contributed by atoms with E-state index < -0.39 is 49.6 Å². The van der Waals surface area contributed by atoms with Crippen molar-refractivity contribution in [1.82, 2.24) is 9.80 Å². The van der Waals surface area contributed by atoms with Gasteiger partial charge in [-0.05, 0) is 88.3 Å². The fraction of sp³-hybridized carbons (Fsp3) is 0.636. The number of benzene rings is 2. The van der Waals surface area contributed by atoms with Crippen molar-refractivity contribution in [3.05, 3.63) is 59.2 Å². The predicted octanol–water partition coefficient (Wildman–Crippen LogP) is 2.95. The number of carboxylic acids is 3. The fourth-order valence-electron chi connectivity index (χ4n) is 10.1. The van der Waals surface area contributed by atoms with Crippen molar-refractivity contribution in [2.45, 2.75) is 113 Å². The number of phosphoric acid groups is 1. The molecule has 5 aliphatic rings. The molecule has 2 heterocycles. The van der Waals surface area contributed by atoms with E-state index >= 15 is 0 Å². The number of carboxylic acid groups (broad SMARTS) is 3. The van der Waals surface area contributed by atoms with Gasteiger partial charge in [0.1, 0.15) is 12.7 Å². The number of carbonyl (C=O) groups is 4. The standard InChI is InChI=1S/C20H31NO3.C18H23NO3.C6H8O7.H3O4P/c1-3-21(4-2)14-15-23-16-17-24-19(22)20(12-8-9-13-20)18-10-6-5-7-11-18;1-19-8-7-18-11-4-5-13(20)17(18)22-16-14(21-2)6-3-10(15(16)18)9-12(11)19;7-3(8)1-6(13,5(11)12)2-4(9)10;1-5(2,3)4/h5-7,10-11H,3-4,8-9,12-17H2,1-2H3;3,6,11-13,17,20H,4-5,7-9H2,1-2H3;13H,1-2H2,(H,7,8)(H,9,10)(H,11,12);(H3,1,2,3,4)/t;11-,12+,13-,17-,18-;;/m.0../s1. The van der Waals surface area contributed by atoms with Crippen molar-refractivity contribution in [3.8, 4) is 11.5 Å². The molecule has 3 aliphatic carbocycles. The topological polar surface area (TPSA) is 291 Å². The predicted molar refractivity (Wildman–Crippen MR) is 230 cm³/mol. The van der Waals surface area contributed by atoms with Crippen LogP contribution >= 0.6 is 7.82 Å². The van der Waals surface area contributed by atoms with Gasteiger partial charge in [0.25, 0.3) is 0 Å². The zero-order valence-electron chi connectivity index (χ0n) is 37.0. The molecule has 20 heteroatoms. The van der Waals surface area contributed by atoms with Gasteiger partial charge in [0.2, 0.25) is 0 Å². The molecule has 3 fully saturated rings. The Morgan fingerprint density at radius 1 is 0.906 bits per heavy atom. The number of piperidine rings is 1. The first-order chi connectivity index (χ1) is 30.2. The lowest BCUT2D eigenvalue weighted by atomic mass is 9.51. The summed E-state index contributed by atoms with van der Waals surface area (Å²) in [5, 5.41) is 44.5. The lowest BCUT2D eigenvalue weighted by molar-refractivity contribution is -0.170. The zero-order valence-corrected chi connectivity index (χ0v) is 37.9. The smallest absolute Gasteiger partial charge is 0.466 e. The van der Waals surface area contributed by atoms with Gasteiger partial charge in [-0.15, -0.1) is 0 Å². The van der Waals surface area contributed by atoms with Crippen LogP contribution in [0.3, 0.4) is 0 Å². The van der Waals surface area contributed by atoms with Crippen LogP contribution in [0.1, 0.15) is 88.3 Å². The molecular formula is C44H65N2O17P. The van der Waals surface area contributed by atoms with Crippen LogP contribution in [0, 0.1) is 5.92 Å². The van der Waals surface area contributed by atoms with E-state index in [4.69, 9.17) is 58.6 Å². The molecule has 2 aromatic carbocycles. The van der Waals surface area contributed by atoms with Crippen molar-refractivity contribution in [2.75, 3.05) is 60.2 Å². The summed E-state index contributed by atoms with van der Waals surface area (Å²) in [5.41, 5.74) is 0.687. The maximum absolute atomic E-state index is 12.7. The number of rotatable bonds is 16. The number of carbonyl (C=O) groups excluding carboxylic acids is 1. The van der Waals surface area contributed by atoms with Gasteiger partial charge < -0.3 is 69.0 Å².